The van der Waals surface area contributed by atoms with Gasteiger partial charge in [-0.15, -0.1) is 0 Å². The van der Waals surface area contributed by atoms with E-state index in [-0.39, 0.29) is 0 Å². The van der Waals surface area contributed by atoms with E-state index >= 15 is 0 Å². The fourth-order valence-electron chi connectivity index (χ4n) is 1.11. The van der Waals surface area contributed by atoms with E-state index in [9.17, 15) is 4.79 Å². The van der Waals surface area contributed by atoms with Crippen molar-refractivity contribution in [3.8, 4) is 0 Å². The predicted octanol–water partition coefficient (Wildman–Crippen LogP) is 2.09. The molecule has 0 bridgehead atoms. The highest BCUT2D eigenvalue weighted by Gasteiger charge is 1.96. The highest BCUT2D eigenvalue weighted by atomic mass is 16.2. The van der Waals surface area contributed by atoms with Gasteiger partial charge in [-0.2, -0.15) is 0 Å². The van der Waals surface area contributed by atoms with Gasteiger partial charge in [-0.1, -0.05) is 32.4 Å². The Morgan fingerprint density at radius 3 is 2.50 bits per heavy atom. The van der Waals surface area contributed by atoms with Gasteiger partial charge in [-0.25, -0.2) is 4.79 Å². The number of nitrogens with two attached hydrogens (primary N) is 2. The van der Waals surface area contributed by atoms with Crippen molar-refractivity contribution in [3.05, 3.63) is 29.8 Å². The fourth-order valence-corrected chi connectivity index (χ4v) is 1.11. The molecule has 0 unspecified atom stereocenters. The maximum absolute atomic E-state index is 10.5. The zero-order valence-corrected chi connectivity index (χ0v) is 9.99. The van der Waals surface area contributed by atoms with Gasteiger partial charge < -0.3 is 16.8 Å². The SMILES string of the molecule is CCC.NCCc1cccc(NC(N)=O)c1. The summed E-state index contributed by atoms with van der Waals surface area (Å²) in [7, 11) is 0. The Hall–Kier alpha value is -1.55. The van der Waals surface area contributed by atoms with Crippen LogP contribution in [0, 0.1) is 0 Å². The third-order valence-electron chi connectivity index (χ3n) is 1.63. The van der Waals surface area contributed by atoms with Crippen LogP contribution in [-0.2, 0) is 6.42 Å². The maximum atomic E-state index is 10.5. The van der Waals surface area contributed by atoms with Gasteiger partial charge in [0, 0.05) is 5.69 Å². The zero-order valence-electron chi connectivity index (χ0n) is 9.99. The molecule has 90 valence electrons. The number of rotatable bonds is 3. The Balaban J connectivity index is 0.000000673. The predicted molar refractivity (Wildman–Crippen MR) is 68.4 cm³/mol. The van der Waals surface area contributed by atoms with E-state index in [1.54, 1.807) is 6.07 Å². The summed E-state index contributed by atoms with van der Waals surface area (Å²) in [4.78, 5) is 10.5. The van der Waals surface area contributed by atoms with Gasteiger partial charge in [-0.3, -0.25) is 0 Å². The fraction of sp³-hybridized carbons (Fsp3) is 0.417. The highest BCUT2D eigenvalue weighted by molar-refractivity contribution is 5.87. The van der Waals surface area contributed by atoms with Crippen molar-refractivity contribution in [1.82, 2.24) is 0 Å². The zero-order chi connectivity index (χ0) is 12.4. The molecule has 1 rings (SSSR count). The lowest BCUT2D eigenvalue weighted by Crippen LogP contribution is -2.19. The standard InChI is InChI=1S/C9H13N3O.C3H8/c10-5-4-7-2-1-3-8(6-7)12-9(11)13;1-3-2/h1-3,6H,4-5,10H2,(H3,11,12,13);3H2,1-2H3. The van der Waals surface area contributed by atoms with Crippen molar-refractivity contribution in [3.63, 3.8) is 0 Å². The number of primary amides is 1. The minimum Gasteiger partial charge on any atom is -0.351 e. The van der Waals surface area contributed by atoms with Gasteiger partial charge in [0.25, 0.3) is 0 Å². The summed E-state index contributed by atoms with van der Waals surface area (Å²) in [5, 5.41) is 2.50. The first kappa shape index (κ1) is 14.5. The van der Waals surface area contributed by atoms with E-state index in [2.05, 4.69) is 19.2 Å². The van der Waals surface area contributed by atoms with Crippen LogP contribution in [0.4, 0.5) is 10.5 Å². The summed E-state index contributed by atoms with van der Waals surface area (Å²) in [5.41, 5.74) is 12.2. The number of benzene rings is 1. The molecule has 0 fully saturated rings. The van der Waals surface area contributed by atoms with Crippen LogP contribution in [0.15, 0.2) is 24.3 Å². The number of hydrogen-bond donors (Lipinski definition) is 3. The van der Waals surface area contributed by atoms with Crippen LogP contribution >= 0.6 is 0 Å². The summed E-state index contributed by atoms with van der Waals surface area (Å²) in [6.45, 7) is 4.85. The van der Waals surface area contributed by atoms with Gasteiger partial charge in [0.2, 0.25) is 0 Å². The number of hydrogen-bond acceptors (Lipinski definition) is 2. The van der Waals surface area contributed by atoms with Gasteiger partial charge >= 0.3 is 6.03 Å². The molecule has 5 N–H and O–H groups in total. The largest absolute Gasteiger partial charge is 0.351 e. The van der Waals surface area contributed by atoms with Crippen LogP contribution in [0.5, 0.6) is 0 Å². The van der Waals surface area contributed by atoms with E-state index < -0.39 is 6.03 Å². The first-order chi connectivity index (χ1) is 7.63. The third kappa shape index (κ3) is 6.84. The third-order valence-corrected chi connectivity index (χ3v) is 1.63. The molecular weight excluding hydrogens is 202 g/mol. The molecule has 0 heterocycles. The minimum absolute atomic E-state index is 0.551. The van der Waals surface area contributed by atoms with Crippen molar-refractivity contribution in [1.29, 1.82) is 0 Å². The second-order valence-corrected chi connectivity index (χ2v) is 3.44. The number of anilines is 1. The highest BCUT2D eigenvalue weighted by Crippen LogP contribution is 2.10. The van der Waals surface area contributed by atoms with Crippen LogP contribution < -0.4 is 16.8 Å². The Morgan fingerprint density at radius 2 is 2.00 bits per heavy atom. The minimum atomic E-state index is -0.551. The van der Waals surface area contributed by atoms with Crippen molar-refractivity contribution < 1.29 is 4.79 Å². The monoisotopic (exact) mass is 223 g/mol. The second kappa shape index (κ2) is 8.73. The molecule has 0 aliphatic rings. The first-order valence-corrected chi connectivity index (χ1v) is 5.49. The summed E-state index contributed by atoms with van der Waals surface area (Å²) >= 11 is 0. The van der Waals surface area contributed by atoms with Gasteiger partial charge in [0.1, 0.15) is 0 Å². The molecule has 0 atom stereocenters. The lowest BCUT2D eigenvalue weighted by atomic mass is 10.1. The Kier molecular flexibility index (Phi) is 7.89. The molecule has 4 heteroatoms. The molecule has 0 aromatic heterocycles. The molecular formula is C12H21N3O. The van der Waals surface area contributed by atoms with Crippen molar-refractivity contribution in [2.24, 2.45) is 11.5 Å². The van der Waals surface area contributed by atoms with Crippen LogP contribution in [0.3, 0.4) is 0 Å². The second-order valence-electron chi connectivity index (χ2n) is 3.44. The van der Waals surface area contributed by atoms with E-state index in [4.69, 9.17) is 11.5 Å². The molecule has 0 aliphatic heterocycles. The number of carbonyl (C=O) groups is 1. The van der Waals surface area contributed by atoms with E-state index in [0.717, 1.165) is 12.0 Å². The normalized spacial score (nSPS) is 8.94. The van der Waals surface area contributed by atoms with E-state index in [1.165, 1.54) is 6.42 Å². The quantitative estimate of drug-likeness (QED) is 0.733. The molecule has 0 saturated carbocycles. The molecule has 0 saturated heterocycles. The van der Waals surface area contributed by atoms with Crippen LogP contribution in [-0.4, -0.2) is 12.6 Å². The smallest absolute Gasteiger partial charge is 0.316 e. The molecule has 16 heavy (non-hydrogen) atoms. The molecule has 0 spiro atoms. The number of amides is 2. The van der Waals surface area contributed by atoms with Crippen molar-refractivity contribution in [2.45, 2.75) is 26.7 Å². The lowest BCUT2D eigenvalue weighted by Gasteiger charge is -2.03. The Morgan fingerprint density at radius 1 is 1.38 bits per heavy atom. The first-order valence-electron chi connectivity index (χ1n) is 5.49. The van der Waals surface area contributed by atoms with Gasteiger partial charge in [-0.05, 0) is 30.7 Å². The number of urea groups is 1. The summed E-state index contributed by atoms with van der Waals surface area (Å²) in [6.07, 6.45) is 2.05. The number of carbonyl (C=O) groups excluding carboxylic acids is 1. The Labute approximate surface area is 97.0 Å². The van der Waals surface area contributed by atoms with Crippen LogP contribution in [0.25, 0.3) is 0 Å². The average molecular weight is 223 g/mol. The molecule has 0 aliphatic carbocycles. The maximum Gasteiger partial charge on any atom is 0.316 e. The molecule has 4 nitrogen and oxygen atoms in total. The van der Waals surface area contributed by atoms with E-state index in [0.29, 0.717) is 12.2 Å². The molecule has 2 amide bonds. The Bertz CT molecular complexity index is 313. The van der Waals surface area contributed by atoms with Gasteiger partial charge in [0.05, 0.1) is 0 Å². The summed E-state index contributed by atoms with van der Waals surface area (Å²) in [6, 6.07) is 6.91. The van der Waals surface area contributed by atoms with Crippen LogP contribution in [0.1, 0.15) is 25.8 Å². The number of nitrogens with one attached hydrogen (secondary N) is 1. The average Bonchev–Trinajstić information content (AvgIpc) is 2.18. The molecule has 1 aromatic rings. The topological polar surface area (TPSA) is 81.1 Å². The lowest BCUT2D eigenvalue weighted by molar-refractivity contribution is 0.259. The molecule has 1 aromatic carbocycles. The summed E-state index contributed by atoms with van der Waals surface area (Å²) < 4.78 is 0. The van der Waals surface area contributed by atoms with Gasteiger partial charge in [0.15, 0.2) is 0 Å². The van der Waals surface area contributed by atoms with E-state index in [1.807, 2.05) is 18.2 Å². The molecule has 0 radical (unpaired) electrons. The van der Waals surface area contributed by atoms with Crippen LogP contribution in [0.2, 0.25) is 0 Å². The summed E-state index contributed by atoms with van der Waals surface area (Å²) in [5.74, 6) is 0. The van der Waals surface area contributed by atoms with Crippen molar-refractivity contribution in [2.75, 3.05) is 11.9 Å². The van der Waals surface area contributed by atoms with Crippen molar-refractivity contribution >= 4 is 11.7 Å².